The highest BCUT2D eigenvalue weighted by molar-refractivity contribution is 6.00. The Bertz CT molecular complexity index is 1040. The van der Waals surface area contributed by atoms with E-state index in [9.17, 15) is 14.7 Å². The summed E-state index contributed by atoms with van der Waals surface area (Å²) in [5, 5.41) is 11.2. The fourth-order valence-electron chi connectivity index (χ4n) is 2.70. The van der Waals surface area contributed by atoms with Crippen LogP contribution in [0.5, 0.6) is 5.88 Å². The van der Waals surface area contributed by atoms with Gasteiger partial charge in [-0.25, -0.2) is 4.79 Å². The summed E-state index contributed by atoms with van der Waals surface area (Å²) in [4.78, 5) is 33.1. The van der Waals surface area contributed by atoms with Gasteiger partial charge in [-0.05, 0) is 25.0 Å². The maximum Gasteiger partial charge on any atom is 0.330 e. The molecule has 3 N–H and O–H groups in total. The molecule has 0 aliphatic carbocycles. The first kappa shape index (κ1) is 15.8. The molecule has 124 valence electrons. The number of aromatic amines is 2. The molecule has 0 atom stereocenters. The molecule has 0 aliphatic rings. The molecule has 2 heterocycles. The lowest BCUT2D eigenvalue weighted by molar-refractivity contribution is 0.416. The van der Waals surface area contributed by atoms with Gasteiger partial charge in [0.05, 0.1) is 0 Å². The number of hydrogen-bond acceptors (Lipinski definition) is 4. The highest BCUT2D eigenvalue weighted by Gasteiger charge is 2.14. The molecule has 0 radical (unpaired) electrons. The second-order valence-corrected chi connectivity index (χ2v) is 5.59. The fourth-order valence-corrected chi connectivity index (χ4v) is 2.70. The second-order valence-electron chi connectivity index (χ2n) is 5.59. The number of aromatic nitrogens is 3. The largest absolute Gasteiger partial charge is 0.494 e. The van der Waals surface area contributed by atoms with E-state index in [4.69, 9.17) is 0 Å². The molecule has 0 fully saturated rings. The van der Waals surface area contributed by atoms with Gasteiger partial charge in [0.2, 0.25) is 5.88 Å². The van der Waals surface area contributed by atoms with E-state index in [1.54, 1.807) is 6.92 Å². The molecule has 0 aliphatic heterocycles. The average molecular weight is 326 g/mol. The number of H-pyrrole nitrogens is 2. The molecule has 0 saturated carbocycles. The van der Waals surface area contributed by atoms with E-state index < -0.39 is 11.2 Å². The maximum atomic E-state index is 11.9. The molecule has 7 nitrogen and oxygen atoms in total. The molecule has 0 amide bonds. The van der Waals surface area contributed by atoms with Crippen LogP contribution >= 0.6 is 0 Å². The van der Waals surface area contributed by atoms with Crippen molar-refractivity contribution in [2.75, 3.05) is 6.54 Å². The number of benzene rings is 1. The summed E-state index contributed by atoms with van der Waals surface area (Å²) in [6.45, 7) is 2.11. The molecular weight excluding hydrogens is 308 g/mol. The predicted molar refractivity (Wildman–Crippen MR) is 93.0 cm³/mol. The molecule has 2 aromatic heterocycles. The first-order valence-electron chi connectivity index (χ1n) is 7.57. The lowest BCUT2D eigenvalue weighted by Crippen LogP contribution is -2.32. The van der Waals surface area contributed by atoms with Gasteiger partial charge >= 0.3 is 5.69 Å². The molecule has 0 bridgehead atoms. The van der Waals surface area contributed by atoms with E-state index in [1.165, 1.54) is 7.05 Å². The molecule has 24 heavy (non-hydrogen) atoms. The zero-order valence-electron chi connectivity index (χ0n) is 13.5. The summed E-state index contributed by atoms with van der Waals surface area (Å²) in [5.41, 5.74) is 1.33. The summed E-state index contributed by atoms with van der Waals surface area (Å²) in [7, 11) is 1.39. The van der Waals surface area contributed by atoms with Gasteiger partial charge in [-0.1, -0.05) is 18.2 Å². The standard InChI is InChI=1S/C17H18N4O3/c1-10(14-15(22)20-17(24)21(2)16(14)23)18-8-7-11-9-19-13-6-4-3-5-12(11)13/h3-6,9,19,23H,7-8H2,1-2H3,(H,20,22,24). The number of fused-ring (bicyclic) bond motifs is 1. The Morgan fingerprint density at radius 2 is 2.04 bits per heavy atom. The number of hydrogen-bond donors (Lipinski definition) is 3. The van der Waals surface area contributed by atoms with E-state index in [-0.39, 0.29) is 11.4 Å². The summed E-state index contributed by atoms with van der Waals surface area (Å²) in [5.74, 6) is -0.378. The van der Waals surface area contributed by atoms with E-state index in [2.05, 4.69) is 15.0 Å². The second kappa shape index (κ2) is 6.19. The first-order valence-corrected chi connectivity index (χ1v) is 7.57. The van der Waals surface area contributed by atoms with Gasteiger partial charge in [0.15, 0.2) is 0 Å². The van der Waals surface area contributed by atoms with E-state index in [1.807, 2.05) is 30.5 Å². The Labute approximate surface area is 137 Å². The van der Waals surface area contributed by atoms with Crippen molar-refractivity contribution in [3.63, 3.8) is 0 Å². The number of para-hydroxylation sites is 1. The number of aromatic hydroxyl groups is 1. The van der Waals surface area contributed by atoms with Crippen LogP contribution in [0.15, 0.2) is 45.0 Å². The minimum absolute atomic E-state index is 0.0241. The van der Waals surface area contributed by atoms with Crippen molar-refractivity contribution in [1.29, 1.82) is 0 Å². The highest BCUT2D eigenvalue weighted by atomic mass is 16.3. The molecular formula is C17H18N4O3. The van der Waals surface area contributed by atoms with Crippen LogP contribution < -0.4 is 11.2 Å². The lowest BCUT2D eigenvalue weighted by atomic mass is 10.1. The molecule has 1 aromatic carbocycles. The Balaban J connectivity index is 1.84. The van der Waals surface area contributed by atoms with Gasteiger partial charge in [0.1, 0.15) is 5.56 Å². The third kappa shape index (κ3) is 2.76. The van der Waals surface area contributed by atoms with Crippen LogP contribution in [0.1, 0.15) is 18.1 Å². The Morgan fingerprint density at radius 1 is 1.29 bits per heavy atom. The molecule has 0 unspecified atom stereocenters. The number of aliphatic imine (C=N–C) groups is 1. The van der Waals surface area contributed by atoms with E-state index in [0.717, 1.165) is 21.0 Å². The van der Waals surface area contributed by atoms with Crippen molar-refractivity contribution in [2.45, 2.75) is 13.3 Å². The number of nitrogens with zero attached hydrogens (tertiary/aromatic N) is 2. The molecule has 0 spiro atoms. The third-order valence-electron chi connectivity index (χ3n) is 4.06. The highest BCUT2D eigenvalue weighted by Crippen LogP contribution is 2.18. The maximum absolute atomic E-state index is 11.9. The van der Waals surface area contributed by atoms with Crippen LogP contribution in [0.25, 0.3) is 10.9 Å². The third-order valence-corrected chi connectivity index (χ3v) is 4.06. The molecule has 3 aromatic rings. The lowest BCUT2D eigenvalue weighted by Gasteiger charge is -2.06. The van der Waals surface area contributed by atoms with Gasteiger partial charge in [-0.3, -0.25) is 19.3 Å². The van der Waals surface area contributed by atoms with Gasteiger partial charge in [-0.15, -0.1) is 0 Å². The van der Waals surface area contributed by atoms with Crippen molar-refractivity contribution >= 4 is 16.6 Å². The van der Waals surface area contributed by atoms with Gasteiger partial charge < -0.3 is 10.1 Å². The Kier molecular flexibility index (Phi) is 4.07. The predicted octanol–water partition coefficient (Wildman–Crippen LogP) is 1.31. The monoisotopic (exact) mass is 326 g/mol. The topological polar surface area (TPSA) is 103 Å². The molecule has 0 saturated heterocycles. The van der Waals surface area contributed by atoms with Crippen LogP contribution in [-0.4, -0.2) is 31.9 Å². The van der Waals surface area contributed by atoms with Crippen molar-refractivity contribution in [1.82, 2.24) is 14.5 Å². The summed E-state index contributed by atoms with van der Waals surface area (Å²) >= 11 is 0. The first-order chi connectivity index (χ1) is 11.5. The summed E-state index contributed by atoms with van der Waals surface area (Å²) in [6.07, 6.45) is 2.65. The van der Waals surface area contributed by atoms with Crippen molar-refractivity contribution in [3.8, 4) is 5.88 Å². The summed E-state index contributed by atoms with van der Waals surface area (Å²) in [6, 6.07) is 8.01. The zero-order valence-corrected chi connectivity index (χ0v) is 13.5. The normalized spacial score (nSPS) is 12.0. The minimum Gasteiger partial charge on any atom is -0.494 e. The van der Waals surface area contributed by atoms with Crippen molar-refractivity contribution in [2.24, 2.45) is 12.0 Å². The number of rotatable bonds is 4. The van der Waals surface area contributed by atoms with Crippen LogP contribution in [0.4, 0.5) is 0 Å². The van der Waals surface area contributed by atoms with Crippen molar-refractivity contribution in [3.05, 3.63) is 62.4 Å². The molecule has 7 heteroatoms. The van der Waals surface area contributed by atoms with Crippen LogP contribution in [0.3, 0.4) is 0 Å². The number of nitrogens with one attached hydrogen (secondary N) is 2. The Morgan fingerprint density at radius 3 is 2.83 bits per heavy atom. The van der Waals surface area contributed by atoms with Gasteiger partial charge in [-0.2, -0.15) is 0 Å². The molecule has 3 rings (SSSR count). The minimum atomic E-state index is -0.659. The van der Waals surface area contributed by atoms with Gasteiger partial charge in [0, 0.05) is 36.4 Å². The Hall–Kier alpha value is -3.09. The van der Waals surface area contributed by atoms with Crippen molar-refractivity contribution < 1.29 is 5.11 Å². The zero-order chi connectivity index (χ0) is 17.3. The summed E-state index contributed by atoms with van der Waals surface area (Å²) < 4.78 is 0.982. The average Bonchev–Trinajstić information content (AvgIpc) is 2.96. The quantitative estimate of drug-likeness (QED) is 0.630. The van der Waals surface area contributed by atoms with Crippen LogP contribution in [0, 0.1) is 0 Å². The van der Waals surface area contributed by atoms with Gasteiger partial charge in [0.25, 0.3) is 5.56 Å². The van der Waals surface area contributed by atoms with E-state index in [0.29, 0.717) is 18.7 Å². The van der Waals surface area contributed by atoms with Crippen LogP contribution in [-0.2, 0) is 13.5 Å². The fraction of sp³-hybridized carbons (Fsp3) is 0.235. The van der Waals surface area contributed by atoms with Crippen LogP contribution in [0.2, 0.25) is 0 Å². The van der Waals surface area contributed by atoms with E-state index >= 15 is 0 Å². The SMILES string of the molecule is CC(=NCCc1c[nH]c2ccccc12)c1c(O)n(C)c(=O)[nH]c1=O. The smallest absolute Gasteiger partial charge is 0.330 e.